The lowest BCUT2D eigenvalue weighted by atomic mass is 9.60. The summed E-state index contributed by atoms with van der Waals surface area (Å²) in [5.41, 5.74) is -17.8. The Labute approximate surface area is 495 Å². The van der Waals surface area contributed by atoms with Crippen LogP contribution in [0.2, 0.25) is 0 Å². The molecule has 20 heteroatoms. The third-order valence-corrected chi connectivity index (χ3v) is 19.5. The maximum absolute atomic E-state index is 15.0. The molecule has 4 fully saturated rings. The van der Waals surface area contributed by atoms with E-state index in [1.54, 1.807) is 27.7 Å². The number of esters is 4. The van der Waals surface area contributed by atoms with Gasteiger partial charge in [-0.3, -0.25) is 28.8 Å². The van der Waals surface area contributed by atoms with Crippen LogP contribution < -0.4 is 0 Å². The minimum atomic E-state index is -2.21. The first-order valence-electron chi connectivity index (χ1n) is 28.2. The van der Waals surface area contributed by atoms with Crippen molar-refractivity contribution in [2.75, 3.05) is 13.2 Å². The molecule has 4 saturated heterocycles. The predicted molar refractivity (Wildman–Crippen MR) is 304 cm³/mol. The largest absolute Gasteiger partial charge is 0.507 e. The SMILES string of the molecule is CC1=C\C=C\C2(C)C=C(CO)C(C)CC23OC(=O)/C(=C(O)/C=C/C2(C)C=C(C=O)C(C)CC24OC(=O)\C(=C(O)/C(C)=C/C=C/C2(C)C=C(CO)C(C)CC25OC(=O)/C(=C(O)/C=C/C2(C)C=C(C=O)C(C)CC26OC(=O)\C(=C\1O)C6=O)C5=O)C4=O)C3=O. The Balaban J connectivity index is 1.26. The van der Waals surface area contributed by atoms with Crippen molar-refractivity contribution in [3.8, 4) is 0 Å². The number of allylic oxidation sites excluding steroid dienone is 10. The zero-order valence-corrected chi connectivity index (χ0v) is 49.2. The normalized spacial score (nSPS) is 43.8. The highest BCUT2D eigenvalue weighted by atomic mass is 16.6. The fourth-order valence-electron chi connectivity index (χ4n) is 14.0. The molecule has 6 N–H and O–H groups in total. The Kier molecular flexibility index (Phi) is 15.2. The molecule has 0 aromatic carbocycles. The van der Waals surface area contributed by atoms with Crippen LogP contribution in [0, 0.1) is 45.3 Å². The second kappa shape index (κ2) is 21.1. The van der Waals surface area contributed by atoms with Crippen molar-refractivity contribution < 1.29 is 97.5 Å². The fourth-order valence-corrected chi connectivity index (χ4v) is 14.0. The van der Waals surface area contributed by atoms with Crippen molar-refractivity contribution in [3.05, 3.63) is 164 Å². The first-order chi connectivity index (χ1) is 40.2. The van der Waals surface area contributed by atoms with Gasteiger partial charge in [0.25, 0.3) is 0 Å². The number of fused-ring (bicyclic) bond motifs is 4. The van der Waals surface area contributed by atoms with Gasteiger partial charge in [-0.1, -0.05) is 101 Å². The van der Waals surface area contributed by atoms with E-state index in [0.717, 1.165) is 12.2 Å². The van der Waals surface area contributed by atoms with Crippen LogP contribution in [0.4, 0.5) is 0 Å². The van der Waals surface area contributed by atoms with Gasteiger partial charge in [0, 0.05) is 25.7 Å². The second-order valence-electron chi connectivity index (χ2n) is 25.1. The van der Waals surface area contributed by atoms with E-state index in [4.69, 9.17) is 18.9 Å². The van der Waals surface area contributed by atoms with E-state index < -0.39 is 173 Å². The summed E-state index contributed by atoms with van der Waals surface area (Å²) in [6, 6.07) is 0. The zero-order valence-electron chi connectivity index (χ0n) is 49.2. The van der Waals surface area contributed by atoms with E-state index in [0.29, 0.717) is 23.7 Å². The van der Waals surface area contributed by atoms with Crippen LogP contribution in [0.25, 0.3) is 0 Å². The molecule has 0 amide bonds. The molecule has 4 heterocycles. The first-order valence-corrected chi connectivity index (χ1v) is 28.2. The maximum Gasteiger partial charge on any atom is 0.346 e. The van der Waals surface area contributed by atoms with E-state index in [1.807, 2.05) is 0 Å². The van der Waals surface area contributed by atoms with Gasteiger partial charge in [0.05, 0.1) is 34.9 Å². The Bertz CT molecular complexity index is 3430. The van der Waals surface area contributed by atoms with Crippen molar-refractivity contribution in [1.29, 1.82) is 0 Å². The highest BCUT2D eigenvalue weighted by molar-refractivity contribution is 6.29. The Morgan fingerprint density at radius 3 is 1.02 bits per heavy atom. The molecular formula is C66H68O20. The van der Waals surface area contributed by atoms with E-state index in [1.165, 1.54) is 114 Å². The standard InChI is InChI=1S/C66H68O20/c1-33-13-11-17-59(7)25-39(29-67)35(3)21-63(59)51(75)45(55(79)83-63)44(72)16-20-62(10)28-42(32-70)38(6)24-66(62)54(78)48(58(82)86-66)50(74)34(2)14-12-18-60(8)26-40(30-68)36(4)22-64(60)52(76)46(56(80)84-64)43(71)15-19-61(9)27-41(31-69)37(5)23-65(61)53(77)47(49(33)73)57(81)85-65/h11-20,25-28,31-32,35-38,67-68,71-74H,21-24,29-30H2,1-10H3/b17-11+,18-12+,19-15+,20-16+,33-13+,34-14+,45-44-,46-43-,49-47-,50-48+. The second-order valence-corrected chi connectivity index (χ2v) is 25.1. The van der Waals surface area contributed by atoms with E-state index in [2.05, 4.69) is 0 Å². The summed E-state index contributed by atoms with van der Waals surface area (Å²) < 4.78 is 24.0. The number of aliphatic hydroxyl groups is 6. The van der Waals surface area contributed by atoms with Crippen LogP contribution in [0.3, 0.4) is 0 Å². The molecule has 8 bridgehead atoms. The molecule has 0 radical (unpaired) electrons. The number of aldehydes is 2. The minimum Gasteiger partial charge on any atom is -0.507 e. The number of carbonyl (C=O) groups excluding carboxylic acids is 10. The summed E-state index contributed by atoms with van der Waals surface area (Å²) in [6.07, 6.45) is 18.1. The number of aliphatic hydroxyl groups excluding tert-OH is 6. The monoisotopic (exact) mass is 1180 g/mol. The fraction of sp³-hybridized carbons (Fsp3) is 0.424. The van der Waals surface area contributed by atoms with Crippen LogP contribution in [0.15, 0.2) is 164 Å². The number of Topliss-reactive ketones (excluding diaryl/α,β-unsaturated/α-hetero) is 4. The van der Waals surface area contributed by atoms with E-state index in [9.17, 15) is 78.6 Å². The van der Waals surface area contributed by atoms with Gasteiger partial charge in [-0.25, -0.2) is 19.2 Å². The van der Waals surface area contributed by atoms with Gasteiger partial charge in [0.15, 0.2) is 22.4 Å². The Morgan fingerprint density at radius 2 is 0.721 bits per heavy atom. The molecule has 4 aliphatic heterocycles. The average Bonchev–Trinajstić information content (AvgIpc) is 1.52. The minimum absolute atomic E-state index is 0.0962. The molecule has 452 valence electrons. The van der Waals surface area contributed by atoms with Crippen molar-refractivity contribution >= 4 is 59.6 Å². The van der Waals surface area contributed by atoms with Gasteiger partial charge < -0.3 is 49.6 Å². The summed E-state index contributed by atoms with van der Waals surface area (Å²) in [7, 11) is 0. The summed E-state index contributed by atoms with van der Waals surface area (Å²) in [5, 5.41) is 68.4. The van der Waals surface area contributed by atoms with Gasteiger partial charge in [-0.05, 0) is 111 Å². The topological polar surface area (TPSA) is 329 Å². The predicted octanol–water partition coefficient (Wildman–Crippen LogP) is 7.10. The van der Waals surface area contributed by atoms with Crippen LogP contribution in [0.5, 0.6) is 0 Å². The van der Waals surface area contributed by atoms with E-state index >= 15 is 0 Å². The van der Waals surface area contributed by atoms with Crippen molar-refractivity contribution in [2.45, 2.75) is 117 Å². The third kappa shape index (κ3) is 8.83. The maximum atomic E-state index is 15.0. The summed E-state index contributed by atoms with van der Waals surface area (Å²) in [5.74, 6) is -15.2. The molecule has 20 nitrogen and oxygen atoms in total. The molecule has 0 saturated carbocycles. The molecule has 12 atom stereocenters. The summed E-state index contributed by atoms with van der Waals surface area (Å²) in [4.78, 5) is 141. The van der Waals surface area contributed by atoms with Gasteiger partial charge in [0.1, 0.15) is 57.9 Å². The van der Waals surface area contributed by atoms with Crippen molar-refractivity contribution in [3.63, 3.8) is 0 Å². The summed E-state index contributed by atoms with van der Waals surface area (Å²) >= 11 is 0. The third-order valence-electron chi connectivity index (χ3n) is 19.5. The molecule has 86 heavy (non-hydrogen) atoms. The van der Waals surface area contributed by atoms with Crippen LogP contribution >= 0.6 is 0 Å². The number of ether oxygens (including phenoxy) is 4. The lowest BCUT2D eigenvalue weighted by Gasteiger charge is -2.45. The smallest absolute Gasteiger partial charge is 0.346 e. The Hall–Kier alpha value is -8.62. The molecule has 12 unspecified atom stereocenters. The molecular weight excluding hydrogens is 1110 g/mol. The first kappa shape index (κ1) is 61.9. The molecule has 5 aliphatic carbocycles. The zero-order chi connectivity index (χ0) is 63.4. The van der Waals surface area contributed by atoms with Crippen LogP contribution in [0.1, 0.15) is 94.9 Å². The van der Waals surface area contributed by atoms with Crippen molar-refractivity contribution in [2.24, 2.45) is 45.3 Å². The lowest BCUT2D eigenvalue weighted by Crippen LogP contribution is -2.53. The number of rotatable bonds is 4. The number of hydrogen-bond donors (Lipinski definition) is 6. The van der Waals surface area contributed by atoms with Gasteiger partial charge >= 0.3 is 23.9 Å². The molecule has 9 aliphatic rings. The quantitative estimate of drug-likeness (QED) is 0.0537. The molecule has 4 spiro atoms. The van der Waals surface area contributed by atoms with Crippen LogP contribution in [-0.2, 0) is 66.9 Å². The lowest BCUT2D eigenvalue weighted by molar-refractivity contribution is -0.162. The molecule has 0 aromatic heterocycles. The van der Waals surface area contributed by atoms with Gasteiger partial charge in [0.2, 0.25) is 23.1 Å². The number of ketones is 4. The Morgan fingerprint density at radius 1 is 0.442 bits per heavy atom. The average molecular weight is 1180 g/mol. The highest BCUT2D eigenvalue weighted by Crippen LogP contribution is 2.58. The molecule has 9 rings (SSSR count). The van der Waals surface area contributed by atoms with Gasteiger partial charge in [-0.2, -0.15) is 0 Å². The number of carbonyl (C=O) groups is 10. The van der Waals surface area contributed by atoms with Crippen molar-refractivity contribution in [1.82, 2.24) is 0 Å². The van der Waals surface area contributed by atoms with Gasteiger partial charge in [-0.15, -0.1) is 0 Å². The number of hydrogen-bond acceptors (Lipinski definition) is 20. The highest BCUT2D eigenvalue weighted by Gasteiger charge is 2.68. The molecule has 0 aromatic rings. The summed E-state index contributed by atoms with van der Waals surface area (Å²) in [6.45, 7) is 14.2. The van der Waals surface area contributed by atoms with Crippen LogP contribution in [-0.4, -0.2) is 126 Å². The van der Waals surface area contributed by atoms with E-state index in [-0.39, 0.29) is 48.0 Å².